The molecule has 2 saturated heterocycles. The molecule has 0 amide bonds. The number of nitriles is 1. The summed E-state index contributed by atoms with van der Waals surface area (Å²) in [5.74, 6) is 2.08. The number of aliphatic hydroxyl groups excluding tert-OH is 1. The highest BCUT2D eigenvalue weighted by molar-refractivity contribution is 5.34. The molecule has 5 heteroatoms. The van der Waals surface area contributed by atoms with E-state index in [-0.39, 0.29) is 6.61 Å². The first kappa shape index (κ1) is 16.3. The quantitative estimate of drug-likeness (QED) is 0.855. The predicted octanol–water partition coefficient (Wildman–Crippen LogP) is 1.23. The molecule has 4 unspecified atom stereocenters. The smallest absolute Gasteiger partial charge is 0.119 e. The van der Waals surface area contributed by atoms with Gasteiger partial charge in [-0.05, 0) is 62.5 Å². The minimum absolute atomic E-state index is 0.280. The van der Waals surface area contributed by atoms with Crippen LogP contribution in [-0.4, -0.2) is 54.9 Å². The molecule has 2 bridgehead atoms. The van der Waals surface area contributed by atoms with Crippen LogP contribution in [0.2, 0.25) is 0 Å². The van der Waals surface area contributed by atoms with Crippen LogP contribution in [0.4, 0.5) is 0 Å². The Labute approximate surface area is 137 Å². The van der Waals surface area contributed by atoms with Crippen LogP contribution < -0.4 is 10.1 Å². The van der Waals surface area contributed by atoms with Crippen molar-refractivity contribution < 1.29 is 9.84 Å². The summed E-state index contributed by atoms with van der Waals surface area (Å²) in [6.45, 7) is 6.44. The highest BCUT2D eigenvalue weighted by Crippen LogP contribution is 2.29. The number of aliphatic hydroxyl groups is 1. The number of ether oxygens (including phenoxy) is 1. The summed E-state index contributed by atoms with van der Waals surface area (Å²) in [5, 5.41) is 22.6. The molecule has 3 rings (SSSR count). The number of hydrogen-bond donors (Lipinski definition) is 2. The Morgan fingerprint density at radius 3 is 2.91 bits per heavy atom. The third-order valence-corrected chi connectivity index (χ3v) is 5.10. The van der Waals surface area contributed by atoms with E-state index in [1.807, 2.05) is 0 Å². The maximum Gasteiger partial charge on any atom is 0.119 e. The van der Waals surface area contributed by atoms with Crippen molar-refractivity contribution in [3.05, 3.63) is 29.8 Å². The monoisotopic (exact) mass is 315 g/mol. The summed E-state index contributed by atoms with van der Waals surface area (Å²) >= 11 is 0. The van der Waals surface area contributed by atoms with Crippen molar-refractivity contribution in [2.75, 3.05) is 32.8 Å². The van der Waals surface area contributed by atoms with Crippen LogP contribution in [0.5, 0.6) is 5.75 Å². The SMILES string of the molecule is CC1C2CNCC(C2)CN1CC(O)COc1ccc(C#N)cc1. The Balaban J connectivity index is 1.48. The van der Waals surface area contributed by atoms with Crippen LogP contribution in [-0.2, 0) is 0 Å². The largest absolute Gasteiger partial charge is 0.491 e. The second-order valence-corrected chi connectivity index (χ2v) is 6.82. The number of nitrogens with one attached hydrogen (secondary N) is 1. The van der Waals surface area contributed by atoms with Gasteiger partial charge in [-0.2, -0.15) is 5.26 Å². The zero-order chi connectivity index (χ0) is 16.2. The van der Waals surface area contributed by atoms with Crippen molar-refractivity contribution in [3.63, 3.8) is 0 Å². The van der Waals surface area contributed by atoms with E-state index >= 15 is 0 Å². The maximum absolute atomic E-state index is 10.3. The van der Waals surface area contributed by atoms with E-state index < -0.39 is 6.10 Å². The van der Waals surface area contributed by atoms with E-state index in [4.69, 9.17) is 10.00 Å². The van der Waals surface area contributed by atoms with Gasteiger partial charge in [0.15, 0.2) is 0 Å². The number of hydrogen-bond acceptors (Lipinski definition) is 5. The fourth-order valence-corrected chi connectivity index (χ4v) is 3.75. The van der Waals surface area contributed by atoms with Gasteiger partial charge in [0.25, 0.3) is 0 Å². The lowest BCUT2D eigenvalue weighted by Gasteiger charge is -2.47. The van der Waals surface area contributed by atoms with Crippen molar-refractivity contribution in [1.82, 2.24) is 10.2 Å². The van der Waals surface area contributed by atoms with Crippen molar-refractivity contribution >= 4 is 0 Å². The second-order valence-electron chi connectivity index (χ2n) is 6.82. The van der Waals surface area contributed by atoms with Gasteiger partial charge in [-0.3, -0.25) is 4.90 Å². The van der Waals surface area contributed by atoms with Gasteiger partial charge in [-0.15, -0.1) is 0 Å². The van der Waals surface area contributed by atoms with E-state index in [0.717, 1.165) is 19.6 Å². The van der Waals surface area contributed by atoms with Crippen molar-refractivity contribution in [2.24, 2.45) is 11.8 Å². The predicted molar refractivity (Wildman–Crippen MR) is 88.2 cm³/mol. The Morgan fingerprint density at radius 2 is 2.17 bits per heavy atom. The van der Waals surface area contributed by atoms with Gasteiger partial charge in [-0.1, -0.05) is 0 Å². The number of fused-ring (bicyclic) bond motifs is 2. The number of likely N-dealkylation sites (tertiary alicyclic amines) is 1. The van der Waals surface area contributed by atoms with Crippen LogP contribution in [0.25, 0.3) is 0 Å². The molecule has 0 spiro atoms. The van der Waals surface area contributed by atoms with Gasteiger partial charge in [0.1, 0.15) is 18.5 Å². The molecule has 124 valence electrons. The molecule has 2 N–H and O–H groups in total. The average Bonchev–Trinajstić information content (AvgIpc) is 2.58. The highest BCUT2D eigenvalue weighted by atomic mass is 16.5. The molecule has 0 radical (unpaired) electrons. The lowest BCUT2D eigenvalue weighted by atomic mass is 9.81. The molecular weight excluding hydrogens is 290 g/mol. The van der Waals surface area contributed by atoms with Crippen LogP contribution in [0.3, 0.4) is 0 Å². The third kappa shape index (κ3) is 4.03. The molecule has 4 atom stereocenters. The van der Waals surface area contributed by atoms with Crippen LogP contribution >= 0.6 is 0 Å². The zero-order valence-corrected chi connectivity index (χ0v) is 13.6. The number of piperidine rings is 2. The summed E-state index contributed by atoms with van der Waals surface area (Å²) < 4.78 is 5.64. The Kier molecular flexibility index (Phi) is 5.16. The first-order valence-corrected chi connectivity index (χ1v) is 8.41. The third-order valence-electron chi connectivity index (χ3n) is 5.10. The molecule has 2 fully saturated rings. The van der Waals surface area contributed by atoms with Crippen LogP contribution in [0, 0.1) is 23.2 Å². The molecule has 2 aliphatic heterocycles. The second kappa shape index (κ2) is 7.31. The van der Waals surface area contributed by atoms with Crippen LogP contribution in [0.15, 0.2) is 24.3 Å². The maximum atomic E-state index is 10.3. The molecule has 2 heterocycles. The summed E-state index contributed by atoms with van der Waals surface area (Å²) in [6.07, 6.45) is 0.808. The topological polar surface area (TPSA) is 68.5 Å². The van der Waals surface area contributed by atoms with Gasteiger partial charge >= 0.3 is 0 Å². The van der Waals surface area contributed by atoms with Crippen molar-refractivity contribution in [1.29, 1.82) is 5.26 Å². The fraction of sp³-hybridized carbons (Fsp3) is 0.611. The Morgan fingerprint density at radius 1 is 1.39 bits per heavy atom. The van der Waals surface area contributed by atoms with Gasteiger partial charge in [0, 0.05) is 19.1 Å². The molecule has 1 aromatic rings. The van der Waals surface area contributed by atoms with E-state index in [1.54, 1.807) is 24.3 Å². The molecule has 1 aromatic carbocycles. The van der Waals surface area contributed by atoms with Gasteiger partial charge < -0.3 is 15.2 Å². The molecule has 0 aliphatic carbocycles. The zero-order valence-electron chi connectivity index (χ0n) is 13.6. The molecule has 23 heavy (non-hydrogen) atoms. The van der Waals surface area contributed by atoms with E-state index in [2.05, 4.69) is 23.2 Å². The minimum atomic E-state index is -0.500. The lowest BCUT2D eigenvalue weighted by Crippen LogP contribution is -2.57. The molecule has 0 saturated carbocycles. The Hall–Kier alpha value is -1.61. The highest BCUT2D eigenvalue weighted by Gasteiger charge is 2.36. The minimum Gasteiger partial charge on any atom is -0.491 e. The Bertz CT molecular complexity index is 554. The van der Waals surface area contributed by atoms with Gasteiger partial charge in [0.05, 0.1) is 11.6 Å². The first-order chi connectivity index (χ1) is 11.2. The molecule has 0 aromatic heterocycles. The molecule has 2 aliphatic rings. The summed E-state index contributed by atoms with van der Waals surface area (Å²) in [4.78, 5) is 2.41. The number of benzene rings is 1. The fourth-order valence-electron chi connectivity index (χ4n) is 3.75. The van der Waals surface area contributed by atoms with Gasteiger partial charge in [-0.25, -0.2) is 0 Å². The van der Waals surface area contributed by atoms with E-state index in [0.29, 0.717) is 35.7 Å². The van der Waals surface area contributed by atoms with E-state index in [9.17, 15) is 5.11 Å². The molecular formula is C18H25N3O2. The summed E-state index contributed by atoms with van der Waals surface area (Å²) in [6, 6.07) is 9.57. The standard InChI is InChI=1S/C18H25N3O2/c1-13-16-6-15(8-20-9-16)10-21(13)11-17(22)12-23-18-4-2-14(7-19)3-5-18/h2-5,13,15-17,20,22H,6,8-12H2,1H3. The van der Waals surface area contributed by atoms with E-state index in [1.165, 1.54) is 6.42 Å². The lowest BCUT2D eigenvalue weighted by molar-refractivity contribution is -0.00232. The number of β-amino-alcohol motifs (C(OH)–C–C–N with tert-alkyl or cyclic N) is 1. The number of rotatable bonds is 5. The summed E-state index contributed by atoms with van der Waals surface area (Å²) in [5.41, 5.74) is 0.611. The van der Waals surface area contributed by atoms with Crippen LogP contribution in [0.1, 0.15) is 18.9 Å². The van der Waals surface area contributed by atoms with Crippen molar-refractivity contribution in [3.8, 4) is 11.8 Å². The van der Waals surface area contributed by atoms with Crippen molar-refractivity contribution in [2.45, 2.75) is 25.5 Å². The number of nitrogens with zero attached hydrogens (tertiary/aromatic N) is 2. The first-order valence-electron chi connectivity index (χ1n) is 8.41. The normalized spacial score (nSPS) is 28.8. The van der Waals surface area contributed by atoms with Gasteiger partial charge in [0.2, 0.25) is 0 Å². The molecule has 5 nitrogen and oxygen atoms in total. The summed E-state index contributed by atoms with van der Waals surface area (Å²) in [7, 11) is 0. The average molecular weight is 315 g/mol.